The fraction of sp³-hybridized carbons (Fsp3) is 0.389. The van der Waals surface area contributed by atoms with Crippen LogP contribution in [0.25, 0.3) is 0 Å². The molecule has 1 aromatic heterocycles. The molecule has 0 bridgehead atoms. The number of hydrogen-bond acceptors (Lipinski definition) is 4. The van der Waals surface area contributed by atoms with E-state index in [9.17, 15) is 9.59 Å². The highest BCUT2D eigenvalue weighted by molar-refractivity contribution is 5.94. The maximum absolute atomic E-state index is 12.8. The van der Waals surface area contributed by atoms with Crippen molar-refractivity contribution in [2.75, 3.05) is 19.6 Å². The molecule has 1 saturated heterocycles. The van der Waals surface area contributed by atoms with Gasteiger partial charge in [0, 0.05) is 19.3 Å². The predicted molar refractivity (Wildman–Crippen MR) is 101 cm³/mol. The number of halogens is 1. The van der Waals surface area contributed by atoms with Gasteiger partial charge in [-0.05, 0) is 31.0 Å². The second-order valence-corrected chi connectivity index (χ2v) is 6.29. The average molecular weight is 378 g/mol. The monoisotopic (exact) mass is 377 g/mol. The Labute approximate surface area is 159 Å². The molecule has 3 rings (SSSR count). The standard InChI is InChI=1S/C18H23N5O2.ClH/c19-17(24)13-22(12-14-5-2-1-3-6-14)18(25)16-8-10-23(21-16)15-7-4-9-20-11-15;/h1-3,5-6,8,10,15,20H,4,7,9,11-13H2,(H2,19,24);1H. The van der Waals surface area contributed by atoms with Gasteiger partial charge in [-0.15, -0.1) is 12.4 Å². The number of amides is 2. The van der Waals surface area contributed by atoms with Crippen molar-refractivity contribution in [1.82, 2.24) is 20.0 Å². The van der Waals surface area contributed by atoms with Crippen molar-refractivity contribution >= 4 is 24.2 Å². The van der Waals surface area contributed by atoms with Crippen molar-refractivity contribution in [2.45, 2.75) is 25.4 Å². The summed E-state index contributed by atoms with van der Waals surface area (Å²) in [5, 5.41) is 7.77. The van der Waals surface area contributed by atoms with Gasteiger partial charge in [0.25, 0.3) is 5.91 Å². The number of nitrogens with zero attached hydrogens (tertiary/aromatic N) is 3. The first-order valence-electron chi connectivity index (χ1n) is 8.51. The van der Waals surface area contributed by atoms with Crippen molar-refractivity contribution in [3.63, 3.8) is 0 Å². The number of nitrogens with one attached hydrogen (secondary N) is 1. The number of nitrogens with two attached hydrogens (primary N) is 1. The smallest absolute Gasteiger partial charge is 0.275 e. The van der Waals surface area contributed by atoms with Crippen LogP contribution >= 0.6 is 12.4 Å². The van der Waals surface area contributed by atoms with Crippen molar-refractivity contribution in [3.8, 4) is 0 Å². The fourth-order valence-electron chi connectivity index (χ4n) is 3.07. The highest BCUT2D eigenvalue weighted by atomic mass is 35.5. The van der Waals surface area contributed by atoms with Crippen LogP contribution in [0.1, 0.15) is 34.9 Å². The number of benzene rings is 1. The summed E-state index contributed by atoms with van der Waals surface area (Å²) < 4.78 is 1.84. The summed E-state index contributed by atoms with van der Waals surface area (Å²) in [5.41, 5.74) is 6.59. The molecule has 1 aromatic carbocycles. The minimum absolute atomic E-state index is 0. The van der Waals surface area contributed by atoms with Crippen LogP contribution in [-0.2, 0) is 11.3 Å². The summed E-state index contributed by atoms with van der Waals surface area (Å²) in [6.45, 7) is 2.06. The van der Waals surface area contributed by atoms with Crippen LogP contribution in [-0.4, -0.2) is 46.1 Å². The molecule has 1 fully saturated rings. The number of aromatic nitrogens is 2. The molecule has 0 spiro atoms. The Morgan fingerprint density at radius 2 is 2.04 bits per heavy atom. The van der Waals surface area contributed by atoms with E-state index in [1.807, 2.05) is 41.2 Å². The van der Waals surface area contributed by atoms with Gasteiger partial charge in [-0.1, -0.05) is 30.3 Å². The van der Waals surface area contributed by atoms with E-state index >= 15 is 0 Å². The van der Waals surface area contributed by atoms with Gasteiger partial charge in [0.2, 0.25) is 5.91 Å². The van der Waals surface area contributed by atoms with Gasteiger partial charge in [0.05, 0.1) is 6.04 Å². The van der Waals surface area contributed by atoms with Crippen LogP contribution < -0.4 is 11.1 Å². The van der Waals surface area contributed by atoms with Crippen LogP contribution in [0.4, 0.5) is 0 Å². The lowest BCUT2D eigenvalue weighted by atomic mass is 10.1. The Bertz CT molecular complexity index is 728. The Kier molecular flexibility index (Phi) is 7.17. The van der Waals surface area contributed by atoms with Crippen molar-refractivity contribution in [2.24, 2.45) is 5.73 Å². The van der Waals surface area contributed by atoms with Gasteiger partial charge in [0.1, 0.15) is 12.2 Å². The second-order valence-electron chi connectivity index (χ2n) is 6.29. The first-order chi connectivity index (χ1) is 12.1. The van der Waals surface area contributed by atoms with Crippen LogP contribution in [0.3, 0.4) is 0 Å². The molecule has 1 aliphatic rings. The molecule has 1 unspecified atom stereocenters. The van der Waals surface area contributed by atoms with Crippen molar-refractivity contribution < 1.29 is 9.59 Å². The molecule has 7 nitrogen and oxygen atoms in total. The molecule has 3 N–H and O–H groups in total. The minimum Gasteiger partial charge on any atom is -0.368 e. The molecular weight excluding hydrogens is 354 g/mol. The van der Waals surface area contributed by atoms with Crippen LogP contribution in [0.15, 0.2) is 42.6 Å². The summed E-state index contributed by atoms with van der Waals surface area (Å²) in [5.74, 6) is -0.828. The lowest BCUT2D eigenvalue weighted by Crippen LogP contribution is -2.38. The molecule has 2 heterocycles. The topological polar surface area (TPSA) is 93.3 Å². The van der Waals surface area contributed by atoms with Gasteiger partial charge < -0.3 is 16.0 Å². The molecule has 140 valence electrons. The van der Waals surface area contributed by atoms with Gasteiger partial charge in [0.15, 0.2) is 0 Å². The number of rotatable bonds is 6. The van der Waals surface area contributed by atoms with E-state index in [4.69, 9.17) is 5.73 Å². The van der Waals surface area contributed by atoms with E-state index in [1.54, 1.807) is 6.07 Å². The van der Waals surface area contributed by atoms with Gasteiger partial charge in [-0.2, -0.15) is 5.10 Å². The molecule has 8 heteroatoms. The van der Waals surface area contributed by atoms with E-state index < -0.39 is 5.91 Å². The molecule has 1 atom stereocenters. The third kappa shape index (κ3) is 5.06. The SMILES string of the molecule is Cl.NC(=O)CN(Cc1ccccc1)C(=O)c1ccn(C2CCCNC2)n1. The van der Waals surface area contributed by atoms with E-state index in [2.05, 4.69) is 10.4 Å². The highest BCUT2D eigenvalue weighted by Gasteiger charge is 2.22. The van der Waals surface area contributed by atoms with Crippen LogP contribution in [0.2, 0.25) is 0 Å². The predicted octanol–water partition coefficient (Wildman–Crippen LogP) is 1.36. The summed E-state index contributed by atoms with van der Waals surface area (Å²) in [4.78, 5) is 25.6. The Morgan fingerprint density at radius 3 is 2.69 bits per heavy atom. The van der Waals surface area contributed by atoms with E-state index in [0.717, 1.165) is 31.5 Å². The van der Waals surface area contributed by atoms with Crippen LogP contribution in [0, 0.1) is 0 Å². The molecule has 2 aromatic rings. The Balaban J connectivity index is 0.00000243. The van der Waals surface area contributed by atoms with E-state index in [0.29, 0.717) is 12.2 Å². The third-order valence-corrected chi connectivity index (χ3v) is 4.32. The van der Waals surface area contributed by atoms with Crippen molar-refractivity contribution in [1.29, 1.82) is 0 Å². The second kappa shape index (κ2) is 9.35. The number of carbonyl (C=O) groups is 2. The third-order valence-electron chi connectivity index (χ3n) is 4.32. The zero-order chi connectivity index (χ0) is 17.6. The summed E-state index contributed by atoms with van der Waals surface area (Å²) >= 11 is 0. The number of primary amides is 1. The maximum atomic E-state index is 12.8. The normalized spacial score (nSPS) is 16.5. The first-order valence-corrected chi connectivity index (χ1v) is 8.51. The summed E-state index contributed by atoms with van der Waals surface area (Å²) in [6.07, 6.45) is 3.96. The number of carbonyl (C=O) groups excluding carboxylic acids is 2. The first kappa shape index (κ1) is 19.9. The highest BCUT2D eigenvalue weighted by Crippen LogP contribution is 2.16. The number of hydrogen-bond donors (Lipinski definition) is 2. The van der Waals surface area contributed by atoms with E-state index in [1.165, 1.54) is 4.90 Å². The largest absolute Gasteiger partial charge is 0.368 e. The minimum atomic E-state index is -0.541. The maximum Gasteiger partial charge on any atom is 0.275 e. The Morgan fingerprint density at radius 1 is 1.27 bits per heavy atom. The number of piperidine rings is 1. The summed E-state index contributed by atoms with van der Waals surface area (Å²) in [7, 11) is 0. The quantitative estimate of drug-likeness (QED) is 0.794. The molecule has 0 saturated carbocycles. The lowest BCUT2D eigenvalue weighted by molar-refractivity contribution is -0.118. The zero-order valence-electron chi connectivity index (χ0n) is 14.5. The fourth-order valence-corrected chi connectivity index (χ4v) is 3.07. The molecule has 0 radical (unpaired) electrons. The summed E-state index contributed by atoms with van der Waals surface area (Å²) in [6, 6.07) is 11.5. The Hall–Kier alpha value is -2.38. The van der Waals surface area contributed by atoms with Gasteiger partial charge in [-0.25, -0.2) is 0 Å². The van der Waals surface area contributed by atoms with Crippen LogP contribution in [0.5, 0.6) is 0 Å². The van der Waals surface area contributed by atoms with Gasteiger partial charge >= 0.3 is 0 Å². The molecule has 1 aliphatic heterocycles. The molecule has 2 amide bonds. The zero-order valence-corrected chi connectivity index (χ0v) is 15.3. The lowest BCUT2D eigenvalue weighted by Gasteiger charge is -2.23. The van der Waals surface area contributed by atoms with Crippen molar-refractivity contribution in [3.05, 3.63) is 53.9 Å². The average Bonchev–Trinajstić information content (AvgIpc) is 3.12. The molecule has 0 aliphatic carbocycles. The van der Waals surface area contributed by atoms with E-state index in [-0.39, 0.29) is 30.9 Å². The molecule has 26 heavy (non-hydrogen) atoms. The van der Waals surface area contributed by atoms with Gasteiger partial charge in [-0.3, -0.25) is 14.3 Å². The molecular formula is C18H24ClN5O2.